The van der Waals surface area contributed by atoms with Gasteiger partial charge in [-0.2, -0.15) is 0 Å². The highest BCUT2D eigenvalue weighted by Crippen LogP contribution is 2.25. The lowest BCUT2D eigenvalue weighted by Gasteiger charge is -2.16. The maximum Gasteiger partial charge on any atom is 0.286 e. The number of carbonyl (C=O) groups is 1. The van der Waals surface area contributed by atoms with Crippen molar-refractivity contribution in [1.29, 1.82) is 0 Å². The van der Waals surface area contributed by atoms with Gasteiger partial charge in [-0.25, -0.2) is 0 Å². The van der Waals surface area contributed by atoms with Gasteiger partial charge in [-0.1, -0.05) is 18.2 Å². The molecule has 0 aliphatic carbocycles. The van der Waals surface area contributed by atoms with Crippen LogP contribution in [-0.2, 0) is 13.1 Å². The molecule has 0 unspecified atom stereocenters. The van der Waals surface area contributed by atoms with Crippen molar-refractivity contribution in [3.63, 3.8) is 0 Å². The monoisotopic (exact) mass is 348 g/mol. The summed E-state index contributed by atoms with van der Waals surface area (Å²) in [4.78, 5) is 30.8. The maximum atomic E-state index is 12.7. The molecule has 0 atom stereocenters. The second-order valence-electron chi connectivity index (χ2n) is 5.83. The lowest BCUT2D eigenvalue weighted by Crippen LogP contribution is -2.34. The van der Waals surface area contributed by atoms with Crippen LogP contribution in [0, 0.1) is 0 Å². The highest BCUT2D eigenvalue weighted by molar-refractivity contribution is 5.91. The van der Waals surface area contributed by atoms with E-state index < -0.39 is 11.5 Å². The molecule has 8 heteroatoms. The Labute approximate surface area is 149 Å². The topological polar surface area (TPSA) is 93.0 Å². The van der Waals surface area contributed by atoms with E-state index in [1.165, 1.54) is 4.57 Å². The van der Waals surface area contributed by atoms with E-state index in [-0.39, 0.29) is 5.69 Å². The standard InChI is InChI=1S/C18H16N6O2/c25-16(20-12-13-6-8-19-9-7-13)15-17(26)24-11-10-23(18(24)22-21-15)14-4-2-1-3-5-14/h1-9H,10-12H2,(H,20,25). The Hall–Kier alpha value is -3.55. The van der Waals surface area contributed by atoms with Crippen LogP contribution in [0.5, 0.6) is 0 Å². The molecule has 0 saturated heterocycles. The van der Waals surface area contributed by atoms with Crippen LogP contribution in [0.3, 0.4) is 0 Å². The second-order valence-corrected chi connectivity index (χ2v) is 5.83. The molecule has 130 valence electrons. The largest absolute Gasteiger partial charge is 0.346 e. The summed E-state index contributed by atoms with van der Waals surface area (Å²) in [5.74, 6) is -0.0837. The summed E-state index contributed by atoms with van der Waals surface area (Å²) in [6.45, 7) is 1.36. The lowest BCUT2D eigenvalue weighted by atomic mass is 10.2. The number of rotatable bonds is 4. The maximum absolute atomic E-state index is 12.7. The highest BCUT2D eigenvalue weighted by Gasteiger charge is 2.26. The third kappa shape index (κ3) is 2.92. The minimum atomic E-state index is -0.534. The van der Waals surface area contributed by atoms with Gasteiger partial charge in [0.15, 0.2) is 0 Å². The molecule has 0 radical (unpaired) electrons. The minimum Gasteiger partial charge on any atom is -0.346 e. The van der Waals surface area contributed by atoms with Crippen LogP contribution in [0.1, 0.15) is 16.1 Å². The first kappa shape index (κ1) is 15.9. The van der Waals surface area contributed by atoms with E-state index >= 15 is 0 Å². The van der Waals surface area contributed by atoms with Gasteiger partial charge < -0.3 is 10.2 Å². The van der Waals surface area contributed by atoms with Gasteiger partial charge in [-0.15, -0.1) is 10.2 Å². The predicted molar refractivity (Wildman–Crippen MR) is 95.1 cm³/mol. The second kappa shape index (κ2) is 6.75. The van der Waals surface area contributed by atoms with E-state index in [1.54, 1.807) is 24.5 Å². The Morgan fingerprint density at radius 2 is 1.81 bits per heavy atom. The van der Waals surface area contributed by atoms with Crippen molar-refractivity contribution in [2.45, 2.75) is 13.1 Å². The molecule has 1 aromatic carbocycles. The van der Waals surface area contributed by atoms with Crippen LogP contribution in [0.4, 0.5) is 11.6 Å². The summed E-state index contributed by atoms with van der Waals surface area (Å²) >= 11 is 0. The summed E-state index contributed by atoms with van der Waals surface area (Å²) in [7, 11) is 0. The molecule has 0 fully saturated rings. The zero-order chi connectivity index (χ0) is 17.9. The van der Waals surface area contributed by atoms with E-state index in [2.05, 4.69) is 20.5 Å². The minimum absolute atomic E-state index is 0.197. The molecule has 1 aliphatic heterocycles. The Bertz CT molecular complexity index is 988. The van der Waals surface area contributed by atoms with E-state index in [1.807, 2.05) is 35.2 Å². The summed E-state index contributed by atoms with van der Waals surface area (Å²) < 4.78 is 1.49. The first-order valence-corrected chi connectivity index (χ1v) is 8.21. The third-order valence-corrected chi connectivity index (χ3v) is 4.20. The number of para-hydroxylation sites is 1. The van der Waals surface area contributed by atoms with Crippen molar-refractivity contribution >= 4 is 17.5 Å². The van der Waals surface area contributed by atoms with Crippen molar-refractivity contribution in [3.05, 3.63) is 76.5 Å². The molecule has 3 aromatic rings. The first-order valence-electron chi connectivity index (χ1n) is 8.21. The van der Waals surface area contributed by atoms with Crippen LogP contribution in [0.15, 0.2) is 59.7 Å². The number of amides is 1. The number of anilines is 2. The van der Waals surface area contributed by atoms with Gasteiger partial charge in [0.25, 0.3) is 11.5 Å². The number of nitrogens with one attached hydrogen (secondary N) is 1. The molecule has 26 heavy (non-hydrogen) atoms. The quantitative estimate of drug-likeness (QED) is 0.759. The smallest absolute Gasteiger partial charge is 0.286 e. The fourth-order valence-electron chi connectivity index (χ4n) is 2.87. The third-order valence-electron chi connectivity index (χ3n) is 4.20. The number of benzene rings is 1. The molecule has 0 saturated carbocycles. The average molecular weight is 348 g/mol. The molecule has 3 heterocycles. The first-order chi connectivity index (χ1) is 12.7. The van der Waals surface area contributed by atoms with Crippen molar-refractivity contribution in [2.24, 2.45) is 0 Å². The predicted octanol–water partition coefficient (Wildman–Crippen LogP) is 1.11. The van der Waals surface area contributed by atoms with E-state index in [4.69, 9.17) is 0 Å². The Balaban J connectivity index is 1.57. The number of carbonyl (C=O) groups excluding carboxylic acids is 1. The Morgan fingerprint density at radius 3 is 2.58 bits per heavy atom. The van der Waals surface area contributed by atoms with E-state index in [0.29, 0.717) is 25.6 Å². The molecule has 1 amide bonds. The average Bonchev–Trinajstić information content (AvgIpc) is 3.13. The number of aromatic nitrogens is 4. The fraction of sp³-hybridized carbons (Fsp3) is 0.167. The molecule has 4 rings (SSSR count). The molecule has 0 bridgehead atoms. The van der Waals surface area contributed by atoms with E-state index in [9.17, 15) is 9.59 Å². The summed E-state index contributed by atoms with van der Waals surface area (Å²) in [5, 5.41) is 10.7. The zero-order valence-corrected chi connectivity index (χ0v) is 13.9. The summed E-state index contributed by atoms with van der Waals surface area (Å²) in [6, 6.07) is 13.2. The lowest BCUT2D eigenvalue weighted by molar-refractivity contribution is 0.0942. The van der Waals surface area contributed by atoms with Crippen LogP contribution in [0.2, 0.25) is 0 Å². The van der Waals surface area contributed by atoms with Crippen molar-refractivity contribution in [1.82, 2.24) is 25.1 Å². The van der Waals surface area contributed by atoms with Crippen LogP contribution < -0.4 is 15.8 Å². The number of hydrogen-bond acceptors (Lipinski definition) is 6. The number of pyridine rings is 1. The van der Waals surface area contributed by atoms with Gasteiger partial charge in [-0.3, -0.25) is 19.1 Å². The number of fused-ring (bicyclic) bond motifs is 1. The summed E-state index contributed by atoms with van der Waals surface area (Å²) in [6.07, 6.45) is 3.29. The van der Waals surface area contributed by atoms with E-state index in [0.717, 1.165) is 11.3 Å². The van der Waals surface area contributed by atoms with Gasteiger partial charge in [0.1, 0.15) is 0 Å². The van der Waals surface area contributed by atoms with Gasteiger partial charge in [0.05, 0.1) is 0 Å². The van der Waals surface area contributed by atoms with Gasteiger partial charge >= 0.3 is 0 Å². The van der Waals surface area contributed by atoms with Crippen molar-refractivity contribution in [3.8, 4) is 0 Å². The molecule has 2 aromatic heterocycles. The molecule has 1 N–H and O–H groups in total. The Kier molecular flexibility index (Phi) is 4.14. The SMILES string of the molecule is O=C(NCc1ccncc1)c1nnc2n(c1=O)CCN2c1ccccc1. The summed E-state index contributed by atoms with van der Waals surface area (Å²) in [5.41, 5.74) is 1.19. The zero-order valence-electron chi connectivity index (χ0n) is 13.9. The van der Waals surface area contributed by atoms with Crippen LogP contribution in [-0.4, -0.2) is 32.2 Å². The number of nitrogens with zero attached hydrogens (tertiary/aromatic N) is 5. The molecule has 1 aliphatic rings. The molecule has 0 spiro atoms. The number of hydrogen-bond donors (Lipinski definition) is 1. The molecule has 8 nitrogen and oxygen atoms in total. The van der Waals surface area contributed by atoms with Crippen molar-refractivity contribution in [2.75, 3.05) is 11.4 Å². The normalized spacial score (nSPS) is 12.7. The van der Waals surface area contributed by atoms with Gasteiger partial charge in [-0.05, 0) is 29.8 Å². The van der Waals surface area contributed by atoms with Gasteiger partial charge in [0, 0.05) is 37.7 Å². The van der Waals surface area contributed by atoms with Gasteiger partial charge in [0.2, 0.25) is 11.6 Å². The molecular weight excluding hydrogens is 332 g/mol. The highest BCUT2D eigenvalue weighted by atomic mass is 16.2. The Morgan fingerprint density at radius 1 is 1.04 bits per heavy atom. The van der Waals surface area contributed by atoms with Crippen LogP contribution in [0.25, 0.3) is 0 Å². The molecular formula is C18H16N6O2. The fourth-order valence-corrected chi connectivity index (χ4v) is 2.87. The van der Waals surface area contributed by atoms with Crippen molar-refractivity contribution < 1.29 is 4.79 Å². The van der Waals surface area contributed by atoms with Crippen LogP contribution >= 0.6 is 0 Å².